The van der Waals surface area contributed by atoms with Crippen LogP contribution in [0.2, 0.25) is 0 Å². The normalized spacial score (nSPS) is 11.2. The summed E-state index contributed by atoms with van der Waals surface area (Å²) < 4.78 is 24.8. The quantitative estimate of drug-likeness (QED) is 0.551. The van der Waals surface area contributed by atoms with E-state index in [-0.39, 0.29) is 6.61 Å². The van der Waals surface area contributed by atoms with Gasteiger partial charge in [-0.15, -0.1) is 0 Å². The lowest BCUT2D eigenvalue weighted by Crippen LogP contribution is -1.98. The van der Waals surface area contributed by atoms with Gasteiger partial charge in [0.1, 0.15) is 23.9 Å². The Balaban J connectivity index is 1.75. The molecule has 0 aliphatic rings. The van der Waals surface area contributed by atoms with Crippen molar-refractivity contribution < 1.29 is 13.9 Å². The van der Waals surface area contributed by atoms with Gasteiger partial charge in [-0.05, 0) is 18.2 Å². The predicted molar refractivity (Wildman–Crippen MR) is 91.8 cm³/mol. The number of pyridine rings is 1. The average Bonchev–Trinajstić information content (AvgIpc) is 3.17. The largest absolute Gasteiger partial charge is 0.491 e. The van der Waals surface area contributed by atoms with Gasteiger partial charge in [0.15, 0.2) is 4.96 Å². The van der Waals surface area contributed by atoms with Crippen molar-refractivity contribution in [3.8, 4) is 22.9 Å². The van der Waals surface area contributed by atoms with Gasteiger partial charge in [0.25, 0.3) is 0 Å². The van der Waals surface area contributed by atoms with Crippen LogP contribution in [0.15, 0.2) is 42.6 Å². The molecule has 1 aromatic carbocycles. The monoisotopic (exact) mass is 342 g/mol. The van der Waals surface area contributed by atoms with Crippen molar-refractivity contribution in [2.75, 3.05) is 20.4 Å². The van der Waals surface area contributed by atoms with Crippen LogP contribution in [0.5, 0.6) is 11.6 Å². The minimum Gasteiger partial charge on any atom is -0.491 e. The second kappa shape index (κ2) is 6.09. The first-order valence-electron chi connectivity index (χ1n) is 7.40. The van der Waals surface area contributed by atoms with Crippen molar-refractivity contribution in [1.82, 2.24) is 14.4 Å². The zero-order chi connectivity index (χ0) is 16.5. The smallest absolute Gasteiger partial charge is 0.214 e. The Morgan fingerprint density at radius 2 is 2.12 bits per heavy atom. The number of nitrogens with zero attached hydrogens (tertiary/aromatic N) is 3. The molecule has 0 saturated heterocycles. The topological polar surface area (TPSA) is 48.7 Å². The van der Waals surface area contributed by atoms with Crippen molar-refractivity contribution in [3.63, 3.8) is 0 Å². The number of aromatic nitrogens is 3. The molecule has 0 N–H and O–H groups in total. The first-order valence-corrected chi connectivity index (χ1v) is 8.22. The second-order valence-corrected chi connectivity index (χ2v) is 6.08. The standard InChI is InChI=1S/C17H14FN3O2S/c1-22-15-6-5-14-16(20-15)24-17-19-13(10-21(14)17)11-3-2-4-12(9-11)23-8-7-18/h2-6,9-10H,7-8H2,1H3/i18-1. The number of imidazole rings is 1. The summed E-state index contributed by atoms with van der Waals surface area (Å²) in [5.74, 6) is 1.22. The molecule has 0 saturated carbocycles. The minimum atomic E-state index is -0.507. The van der Waals surface area contributed by atoms with Gasteiger partial charge in [-0.1, -0.05) is 23.5 Å². The third kappa shape index (κ3) is 2.56. The second-order valence-electron chi connectivity index (χ2n) is 5.12. The Morgan fingerprint density at radius 1 is 1.21 bits per heavy atom. The third-order valence-corrected chi connectivity index (χ3v) is 4.58. The molecule has 122 valence electrons. The SMILES string of the molecule is COc1ccc2c(n1)sc1nc(-c3cccc(OCC[18F])c3)cn12. The molecule has 0 fully saturated rings. The summed E-state index contributed by atoms with van der Waals surface area (Å²) in [6, 6.07) is 11.3. The van der Waals surface area contributed by atoms with E-state index >= 15 is 0 Å². The highest BCUT2D eigenvalue weighted by Gasteiger charge is 2.12. The molecular weight excluding hydrogens is 328 g/mol. The molecule has 0 aliphatic heterocycles. The number of alkyl halides is 1. The van der Waals surface area contributed by atoms with Gasteiger partial charge in [0.05, 0.1) is 18.3 Å². The highest BCUT2D eigenvalue weighted by Crippen LogP contribution is 2.30. The molecule has 0 unspecified atom stereocenters. The van der Waals surface area contributed by atoms with Crippen molar-refractivity contribution >= 4 is 26.6 Å². The van der Waals surface area contributed by atoms with Crippen LogP contribution in [0.1, 0.15) is 0 Å². The number of benzene rings is 1. The highest BCUT2D eigenvalue weighted by atomic mass is 32.1. The van der Waals surface area contributed by atoms with E-state index in [9.17, 15) is 4.39 Å². The summed E-state index contributed by atoms with van der Waals surface area (Å²) in [4.78, 5) is 10.8. The molecule has 7 heteroatoms. The Morgan fingerprint density at radius 3 is 2.96 bits per heavy atom. The Bertz CT molecular complexity index is 1010. The third-order valence-electron chi connectivity index (χ3n) is 3.62. The molecule has 0 radical (unpaired) electrons. The highest BCUT2D eigenvalue weighted by molar-refractivity contribution is 7.23. The van der Waals surface area contributed by atoms with Crippen LogP contribution < -0.4 is 9.47 Å². The van der Waals surface area contributed by atoms with E-state index in [2.05, 4.69) is 9.97 Å². The first-order chi connectivity index (χ1) is 11.8. The van der Waals surface area contributed by atoms with E-state index in [4.69, 9.17) is 9.47 Å². The summed E-state index contributed by atoms with van der Waals surface area (Å²) in [5, 5.41) is 0. The van der Waals surface area contributed by atoms with Gasteiger partial charge in [-0.2, -0.15) is 0 Å². The zero-order valence-corrected chi connectivity index (χ0v) is 13.7. The molecule has 5 nitrogen and oxygen atoms in total. The summed E-state index contributed by atoms with van der Waals surface area (Å²) in [6.07, 6.45) is 1.97. The summed E-state index contributed by atoms with van der Waals surface area (Å²) in [7, 11) is 1.60. The van der Waals surface area contributed by atoms with Gasteiger partial charge >= 0.3 is 0 Å². The number of ether oxygens (including phenoxy) is 2. The van der Waals surface area contributed by atoms with Crippen LogP contribution in [0, 0.1) is 0 Å². The van der Waals surface area contributed by atoms with E-state index in [1.165, 1.54) is 11.3 Å². The van der Waals surface area contributed by atoms with E-state index in [1.807, 2.05) is 47.0 Å². The summed E-state index contributed by atoms with van der Waals surface area (Å²) in [5.41, 5.74) is 2.75. The van der Waals surface area contributed by atoms with Gasteiger partial charge in [0.2, 0.25) is 5.88 Å². The van der Waals surface area contributed by atoms with E-state index < -0.39 is 6.67 Å². The molecule has 0 amide bonds. The summed E-state index contributed by atoms with van der Waals surface area (Å²) >= 11 is 1.50. The number of thiazole rings is 1. The summed E-state index contributed by atoms with van der Waals surface area (Å²) in [6.45, 7) is -0.452. The molecule has 0 bridgehead atoms. The van der Waals surface area contributed by atoms with Crippen LogP contribution in [0.3, 0.4) is 0 Å². The van der Waals surface area contributed by atoms with Crippen molar-refractivity contribution in [2.24, 2.45) is 0 Å². The number of fused-ring (bicyclic) bond motifs is 3. The predicted octanol–water partition coefficient (Wildman–Crippen LogP) is 3.97. The van der Waals surface area contributed by atoms with E-state index in [1.54, 1.807) is 7.11 Å². The number of methoxy groups -OCH3 is 1. The van der Waals surface area contributed by atoms with Crippen molar-refractivity contribution in [3.05, 3.63) is 42.6 Å². The molecule has 0 spiro atoms. The van der Waals surface area contributed by atoms with E-state index in [0.29, 0.717) is 11.6 Å². The van der Waals surface area contributed by atoms with Crippen molar-refractivity contribution in [2.45, 2.75) is 0 Å². The Labute approximate surface area is 141 Å². The number of rotatable bonds is 5. The Hall–Kier alpha value is -2.67. The molecule has 0 atom stereocenters. The molecule has 3 heterocycles. The van der Waals surface area contributed by atoms with Gasteiger partial charge in [0, 0.05) is 17.8 Å². The van der Waals surface area contributed by atoms with Gasteiger partial charge in [-0.3, -0.25) is 4.40 Å². The molecule has 0 aliphatic carbocycles. The maximum atomic E-state index is 12.2. The van der Waals surface area contributed by atoms with Crippen LogP contribution in [0.4, 0.5) is 4.39 Å². The lowest BCUT2D eigenvalue weighted by Gasteiger charge is -2.04. The van der Waals surface area contributed by atoms with Crippen LogP contribution in [0.25, 0.3) is 26.6 Å². The Kier molecular flexibility index (Phi) is 3.78. The van der Waals surface area contributed by atoms with E-state index in [0.717, 1.165) is 26.6 Å². The first kappa shape index (κ1) is 14.9. The maximum Gasteiger partial charge on any atom is 0.214 e. The minimum absolute atomic E-state index is 0.0554. The van der Waals surface area contributed by atoms with Crippen LogP contribution >= 0.6 is 11.3 Å². The fourth-order valence-corrected chi connectivity index (χ4v) is 3.50. The number of hydrogen-bond donors (Lipinski definition) is 0. The molecule has 24 heavy (non-hydrogen) atoms. The van der Waals surface area contributed by atoms with Crippen LogP contribution in [-0.4, -0.2) is 34.8 Å². The van der Waals surface area contributed by atoms with Crippen molar-refractivity contribution in [1.29, 1.82) is 0 Å². The maximum absolute atomic E-state index is 12.2. The fraction of sp³-hybridized carbons (Fsp3) is 0.176. The number of halogens is 1. The average molecular weight is 342 g/mol. The number of hydrogen-bond acceptors (Lipinski definition) is 5. The lowest BCUT2D eigenvalue weighted by molar-refractivity contribution is 0.273. The lowest BCUT2D eigenvalue weighted by atomic mass is 10.1. The molecule has 3 aromatic heterocycles. The zero-order valence-electron chi connectivity index (χ0n) is 12.9. The van der Waals surface area contributed by atoms with Crippen LogP contribution in [-0.2, 0) is 0 Å². The molecule has 4 rings (SSSR count). The molecule has 4 aromatic rings. The molecular formula is C17H14FN3O2S. The fourth-order valence-electron chi connectivity index (χ4n) is 2.52. The van der Waals surface area contributed by atoms with Gasteiger partial charge < -0.3 is 9.47 Å². The van der Waals surface area contributed by atoms with Gasteiger partial charge in [-0.25, -0.2) is 14.4 Å².